The zero-order valence-corrected chi connectivity index (χ0v) is 69.6. The Labute approximate surface area is 665 Å². The number of hydrogen-bond donors (Lipinski definition) is 3. The minimum atomic E-state index is -5.02. The molecule has 110 heavy (non-hydrogen) atoms. The van der Waals surface area contributed by atoms with E-state index in [4.69, 9.17) is 37.0 Å². The Morgan fingerprint density at radius 1 is 0.264 bits per heavy atom. The number of rotatable bonds is 75. The molecule has 0 aliphatic carbocycles. The van der Waals surface area contributed by atoms with Gasteiger partial charge >= 0.3 is 39.5 Å². The average molecular weight is 1570 g/mol. The number of aliphatic hydroxyl groups is 1. The number of phosphoric ester groups is 2. The molecule has 0 fully saturated rings. The van der Waals surface area contributed by atoms with E-state index in [0.717, 1.165) is 205 Å². The molecule has 620 valence electrons. The number of unbranched alkanes of at least 4 members (excludes halogenated alkanes) is 16. The van der Waals surface area contributed by atoms with Crippen molar-refractivity contribution in [3.63, 3.8) is 0 Å². The van der Waals surface area contributed by atoms with Crippen molar-refractivity contribution < 1.29 is 80.2 Å². The van der Waals surface area contributed by atoms with E-state index in [1.54, 1.807) is 12.2 Å². The molecule has 0 saturated carbocycles. The zero-order chi connectivity index (χ0) is 80.3. The lowest BCUT2D eigenvalue weighted by Crippen LogP contribution is -2.30. The van der Waals surface area contributed by atoms with Crippen molar-refractivity contribution in [3.05, 3.63) is 207 Å². The molecule has 0 saturated heterocycles. The van der Waals surface area contributed by atoms with Gasteiger partial charge in [0.15, 0.2) is 12.2 Å². The predicted molar refractivity (Wildman–Crippen MR) is 454 cm³/mol. The first-order chi connectivity index (χ1) is 53.7. The van der Waals surface area contributed by atoms with E-state index < -0.39 is 97.5 Å². The standard InChI is InChI=1S/C91H144O17P2/c1-5-9-13-17-21-25-29-33-37-40-42-45-49-52-56-60-64-68-72-76-89(94)102-82-87(108-91(96)78-74-70-66-62-58-54-50-46-43-41-38-34-30-26-22-18-14-10-6-2)84-106-110(99,100)104-80-85(92)79-103-109(97,98)105-83-86(107-90(95)77-73-69-65-61-57-53-47-36-32-28-24-20-16-12-8-4)81-101-88(93)75-71-67-63-59-55-51-48-44-39-35-31-27-23-19-15-11-7-3/h9-16,21-28,33-39,42-43,45-48,51,57,61,69,73,85-87,92H,5-8,17-20,29-32,40-41,44,49-50,52-56,58-60,62-68,70-72,74-84H2,1-4H3,(H,97,98)(H,99,100)/b13-9-,14-10-,15-11-,16-12-,25-21-,26-22-,27-23-,28-24-,37-33-,38-34-,39-35-,45-42-,46-43-,47-36-,51-48-,61-57-,73-69-. The summed E-state index contributed by atoms with van der Waals surface area (Å²) in [5.74, 6) is -2.40. The molecule has 5 unspecified atom stereocenters. The molecule has 0 aliphatic rings. The van der Waals surface area contributed by atoms with Gasteiger partial charge in [-0.2, -0.15) is 0 Å². The van der Waals surface area contributed by atoms with Gasteiger partial charge in [0.25, 0.3) is 0 Å². The number of allylic oxidation sites excluding steroid dienone is 33. The Kier molecular flexibility index (Phi) is 76.0. The van der Waals surface area contributed by atoms with Gasteiger partial charge in [-0.05, 0) is 167 Å². The summed E-state index contributed by atoms with van der Waals surface area (Å²) in [4.78, 5) is 73.1. The quantitative estimate of drug-likeness (QED) is 0.0169. The van der Waals surface area contributed by atoms with Gasteiger partial charge in [-0.3, -0.25) is 37.3 Å². The van der Waals surface area contributed by atoms with E-state index in [1.807, 2.05) is 12.2 Å². The monoisotopic (exact) mass is 1570 g/mol. The molecule has 0 rings (SSSR count). The number of carbonyl (C=O) groups is 4. The van der Waals surface area contributed by atoms with Gasteiger partial charge in [-0.25, -0.2) is 9.13 Å². The molecule has 0 heterocycles. The summed E-state index contributed by atoms with van der Waals surface area (Å²) in [7, 11) is -10.0. The first-order valence-corrected chi connectivity index (χ1v) is 44.3. The molecule has 3 N–H and O–H groups in total. The molecule has 0 amide bonds. The molecule has 0 bridgehead atoms. The number of hydrogen-bond acceptors (Lipinski definition) is 15. The fraction of sp³-hybridized carbons (Fsp3) is 0.582. The van der Waals surface area contributed by atoms with Gasteiger partial charge in [0.2, 0.25) is 0 Å². The van der Waals surface area contributed by atoms with Gasteiger partial charge in [0.1, 0.15) is 19.3 Å². The lowest BCUT2D eigenvalue weighted by Gasteiger charge is -2.21. The first-order valence-electron chi connectivity index (χ1n) is 41.3. The van der Waals surface area contributed by atoms with Crippen LogP contribution >= 0.6 is 15.6 Å². The van der Waals surface area contributed by atoms with Crippen LogP contribution in [0.15, 0.2) is 207 Å². The topological polar surface area (TPSA) is 237 Å². The fourth-order valence-corrected chi connectivity index (χ4v) is 11.7. The van der Waals surface area contributed by atoms with Crippen LogP contribution in [0.2, 0.25) is 0 Å². The molecule has 17 nitrogen and oxygen atoms in total. The van der Waals surface area contributed by atoms with Gasteiger partial charge in [0.05, 0.1) is 32.8 Å². The summed E-state index contributed by atoms with van der Waals surface area (Å²) in [6.07, 6.45) is 101. The summed E-state index contributed by atoms with van der Waals surface area (Å²) in [6.45, 7) is 4.23. The molecular weight excluding hydrogens is 1430 g/mol. The van der Waals surface area contributed by atoms with Crippen LogP contribution in [0.4, 0.5) is 0 Å². The molecule has 0 aliphatic heterocycles. The van der Waals surface area contributed by atoms with Crippen molar-refractivity contribution in [3.8, 4) is 0 Å². The lowest BCUT2D eigenvalue weighted by atomic mass is 10.1. The summed E-state index contributed by atoms with van der Waals surface area (Å²) in [6, 6.07) is 0. The Bertz CT molecular complexity index is 2900. The molecule has 5 atom stereocenters. The number of esters is 4. The van der Waals surface area contributed by atoms with Crippen molar-refractivity contribution in [1.29, 1.82) is 0 Å². The number of carbonyl (C=O) groups excluding carboxylic acids is 4. The zero-order valence-electron chi connectivity index (χ0n) is 67.8. The van der Waals surface area contributed by atoms with Crippen molar-refractivity contribution in [2.45, 2.75) is 303 Å². The number of phosphoric acid groups is 2. The van der Waals surface area contributed by atoms with E-state index in [-0.39, 0.29) is 25.7 Å². The maximum absolute atomic E-state index is 13.1. The normalized spacial score (nSPS) is 14.9. The minimum absolute atomic E-state index is 0.0636. The third kappa shape index (κ3) is 79.7. The SMILES string of the molecule is CC/C=C\C/C=C\C/C=C\C/C=C\C/C=C\CC(=O)OC(COC(=O)CCCCCC/C=C\C/C=C\C/C=C\C/C=C\CC)COP(=O)(O)OCC(O)COP(=O)(O)OCC(COC(=O)CCCCCCCC/C=C\C/C=C\C/C=C\C/C=C\CC)OC(=O)CCCCCCCC/C=C\C/C=C\C/C=C\C/C=C\CC. The van der Waals surface area contributed by atoms with Crippen LogP contribution in [0.3, 0.4) is 0 Å². The van der Waals surface area contributed by atoms with Crippen LogP contribution in [0.1, 0.15) is 285 Å². The summed E-state index contributed by atoms with van der Waals surface area (Å²) < 4.78 is 68.6. The summed E-state index contributed by atoms with van der Waals surface area (Å²) in [5, 5.41) is 10.7. The number of aliphatic hydroxyl groups excluding tert-OH is 1. The van der Waals surface area contributed by atoms with E-state index in [1.165, 1.54) is 0 Å². The van der Waals surface area contributed by atoms with Crippen LogP contribution in [-0.2, 0) is 65.4 Å². The number of ether oxygens (including phenoxy) is 4. The van der Waals surface area contributed by atoms with Crippen LogP contribution in [-0.4, -0.2) is 96.7 Å². The first kappa shape index (κ1) is 104. The molecule has 0 spiro atoms. The van der Waals surface area contributed by atoms with Crippen LogP contribution in [0.25, 0.3) is 0 Å². The Morgan fingerprint density at radius 3 is 0.764 bits per heavy atom. The van der Waals surface area contributed by atoms with E-state index >= 15 is 0 Å². The van der Waals surface area contributed by atoms with Crippen molar-refractivity contribution in [2.75, 3.05) is 39.6 Å². The highest BCUT2D eigenvalue weighted by molar-refractivity contribution is 7.47. The fourth-order valence-electron chi connectivity index (χ4n) is 10.2. The average Bonchev–Trinajstić information content (AvgIpc) is 0.907. The molecule has 0 radical (unpaired) electrons. The van der Waals surface area contributed by atoms with Crippen LogP contribution in [0.5, 0.6) is 0 Å². The smallest absolute Gasteiger partial charge is 0.462 e. The van der Waals surface area contributed by atoms with Gasteiger partial charge in [-0.15, -0.1) is 0 Å². The third-order valence-corrected chi connectivity index (χ3v) is 18.2. The Balaban J connectivity index is 5.51. The van der Waals surface area contributed by atoms with Crippen molar-refractivity contribution in [2.24, 2.45) is 0 Å². The summed E-state index contributed by atoms with van der Waals surface area (Å²) >= 11 is 0. The van der Waals surface area contributed by atoms with E-state index in [2.05, 4.69) is 210 Å². The Morgan fingerprint density at radius 2 is 0.482 bits per heavy atom. The largest absolute Gasteiger partial charge is 0.472 e. The molecule has 0 aromatic rings. The van der Waals surface area contributed by atoms with Crippen molar-refractivity contribution >= 4 is 39.5 Å². The van der Waals surface area contributed by atoms with E-state index in [0.29, 0.717) is 25.7 Å². The summed E-state index contributed by atoms with van der Waals surface area (Å²) in [5.41, 5.74) is 0. The second kappa shape index (κ2) is 80.7. The highest BCUT2D eigenvalue weighted by atomic mass is 31.2. The molecule has 0 aromatic heterocycles. The van der Waals surface area contributed by atoms with Gasteiger partial charge in [0, 0.05) is 19.3 Å². The predicted octanol–water partition coefficient (Wildman–Crippen LogP) is 24.7. The minimum Gasteiger partial charge on any atom is -0.462 e. The Hall–Kier alpha value is -6.36. The molecule has 19 heteroatoms. The highest BCUT2D eigenvalue weighted by Crippen LogP contribution is 2.45. The lowest BCUT2D eigenvalue weighted by molar-refractivity contribution is -0.161. The van der Waals surface area contributed by atoms with Gasteiger partial charge in [-0.1, -0.05) is 298 Å². The second-order valence-corrected chi connectivity index (χ2v) is 29.5. The second-order valence-electron chi connectivity index (χ2n) is 26.6. The third-order valence-electron chi connectivity index (χ3n) is 16.3. The van der Waals surface area contributed by atoms with Gasteiger partial charge < -0.3 is 33.8 Å². The van der Waals surface area contributed by atoms with Crippen LogP contribution < -0.4 is 0 Å². The molecule has 0 aromatic carbocycles. The maximum Gasteiger partial charge on any atom is 0.472 e. The molecular formula is C91H144O17P2. The maximum atomic E-state index is 13.1. The van der Waals surface area contributed by atoms with Crippen molar-refractivity contribution in [1.82, 2.24) is 0 Å². The van der Waals surface area contributed by atoms with Crippen LogP contribution in [0, 0.1) is 0 Å². The highest BCUT2D eigenvalue weighted by Gasteiger charge is 2.30. The van der Waals surface area contributed by atoms with E-state index in [9.17, 15) is 43.2 Å².